The van der Waals surface area contributed by atoms with Gasteiger partial charge in [0.2, 0.25) is 0 Å². The van der Waals surface area contributed by atoms with E-state index in [0.717, 1.165) is 12.8 Å². The van der Waals surface area contributed by atoms with Gasteiger partial charge in [0.1, 0.15) is 0 Å². The lowest BCUT2D eigenvalue weighted by Gasteiger charge is -2.35. The van der Waals surface area contributed by atoms with Gasteiger partial charge in [0, 0.05) is 0 Å². The van der Waals surface area contributed by atoms with Gasteiger partial charge in [0.05, 0.1) is 8.07 Å². The van der Waals surface area contributed by atoms with Crippen LogP contribution in [0.3, 0.4) is 0 Å². The van der Waals surface area contributed by atoms with Crippen molar-refractivity contribution in [2.75, 3.05) is 0 Å². The standard InChI is InChI=1S/C40H74Si/c1-16-41(17-2,18-3)30-29-40(15,28-26-39(14)38(13)24-22-35(10)32(6)7)27-25-33(8)19-20-36(11)37(12)23-21-34(9)31(4)5/h25,27,33-36,39H,4,6,12-13,16-24,26,28-30H2,1-3,5,7-11,14-15H3/b27-25+. The SMILES string of the molecule is C=C(C)C(C)CCC(=C)C(C)CCC(C)/C=C/C(C)(CCC(C)C(=C)CCC(C)C(=C)C)CC[Si](CC)(CC)CC. The Morgan fingerprint density at radius 1 is 0.634 bits per heavy atom. The van der Waals surface area contributed by atoms with Crippen LogP contribution in [-0.2, 0) is 0 Å². The van der Waals surface area contributed by atoms with Crippen LogP contribution in [0, 0.1) is 35.0 Å². The van der Waals surface area contributed by atoms with Gasteiger partial charge >= 0.3 is 0 Å². The first-order valence-corrected chi connectivity index (χ1v) is 20.2. The molecule has 0 aromatic carbocycles. The van der Waals surface area contributed by atoms with E-state index in [-0.39, 0.29) is 5.41 Å². The Bertz CT molecular complexity index is 815. The van der Waals surface area contributed by atoms with E-state index < -0.39 is 8.07 Å². The molecule has 0 aromatic rings. The van der Waals surface area contributed by atoms with Crippen LogP contribution in [0.15, 0.2) is 60.8 Å². The Kier molecular flexibility index (Phi) is 19.5. The van der Waals surface area contributed by atoms with Gasteiger partial charge < -0.3 is 0 Å². The molecule has 0 radical (unpaired) electrons. The summed E-state index contributed by atoms with van der Waals surface area (Å²) >= 11 is 0. The quantitative estimate of drug-likeness (QED) is 0.0784. The van der Waals surface area contributed by atoms with Crippen molar-refractivity contribution in [1.82, 2.24) is 0 Å². The van der Waals surface area contributed by atoms with Gasteiger partial charge in [-0.3, -0.25) is 0 Å². The second-order valence-corrected chi connectivity index (χ2v) is 20.5. The monoisotopic (exact) mass is 583 g/mol. The molecular formula is C40H74Si. The topological polar surface area (TPSA) is 0 Å². The van der Waals surface area contributed by atoms with Crippen molar-refractivity contribution in [3.05, 3.63) is 60.8 Å². The van der Waals surface area contributed by atoms with Gasteiger partial charge in [0.25, 0.3) is 0 Å². The molecule has 0 saturated heterocycles. The zero-order valence-corrected chi connectivity index (χ0v) is 31.1. The number of allylic oxidation sites excluding steroid dienone is 6. The van der Waals surface area contributed by atoms with Crippen LogP contribution in [0.25, 0.3) is 0 Å². The molecule has 238 valence electrons. The fourth-order valence-corrected chi connectivity index (χ4v) is 9.53. The fourth-order valence-electron chi connectivity index (χ4n) is 5.87. The van der Waals surface area contributed by atoms with Crippen LogP contribution in [0.5, 0.6) is 0 Å². The maximum absolute atomic E-state index is 4.52. The minimum absolute atomic E-state index is 0.277. The third-order valence-corrected chi connectivity index (χ3v) is 17.2. The highest BCUT2D eigenvalue weighted by atomic mass is 28.3. The van der Waals surface area contributed by atoms with E-state index in [1.807, 2.05) is 0 Å². The Morgan fingerprint density at radius 3 is 1.49 bits per heavy atom. The van der Waals surface area contributed by atoms with Gasteiger partial charge in [0.15, 0.2) is 0 Å². The van der Waals surface area contributed by atoms with Crippen molar-refractivity contribution in [2.45, 2.75) is 158 Å². The molecule has 0 heterocycles. The van der Waals surface area contributed by atoms with Crippen LogP contribution in [-0.4, -0.2) is 8.07 Å². The van der Waals surface area contributed by atoms with Crippen molar-refractivity contribution in [3.63, 3.8) is 0 Å². The molecule has 0 aliphatic rings. The summed E-state index contributed by atoms with van der Waals surface area (Å²) in [4.78, 5) is 0. The minimum Gasteiger partial charge on any atom is -0.0999 e. The molecule has 0 aliphatic carbocycles. The molecule has 0 aliphatic heterocycles. The number of rotatable bonds is 24. The zero-order chi connectivity index (χ0) is 31.8. The summed E-state index contributed by atoms with van der Waals surface area (Å²) in [6, 6.07) is 5.75. The van der Waals surface area contributed by atoms with E-state index in [1.165, 1.54) is 91.4 Å². The lowest BCUT2D eigenvalue weighted by molar-refractivity contribution is 0.337. The average Bonchev–Trinajstić information content (AvgIpc) is 2.95. The lowest BCUT2D eigenvalue weighted by atomic mass is 9.78. The van der Waals surface area contributed by atoms with Crippen LogP contribution >= 0.6 is 0 Å². The highest BCUT2D eigenvalue weighted by Gasteiger charge is 2.31. The molecule has 0 saturated carbocycles. The first-order valence-electron chi connectivity index (χ1n) is 17.4. The van der Waals surface area contributed by atoms with E-state index in [2.05, 4.69) is 115 Å². The molecule has 0 aromatic heterocycles. The highest BCUT2D eigenvalue weighted by molar-refractivity contribution is 6.79. The minimum atomic E-state index is -1.14. The van der Waals surface area contributed by atoms with Crippen LogP contribution in [0.1, 0.15) is 134 Å². The summed E-state index contributed by atoms with van der Waals surface area (Å²) in [6.45, 7) is 43.3. The van der Waals surface area contributed by atoms with Crippen LogP contribution in [0.2, 0.25) is 24.2 Å². The third kappa shape index (κ3) is 15.8. The van der Waals surface area contributed by atoms with Gasteiger partial charge in [-0.2, -0.15) is 0 Å². The molecular weight excluding hydrogens is 509 g/mol. The predicted molar refractivity (Wildman–Crippen MR) is 195 cm³/mol. The van der Waals surface area contributed by atoms with Crippen molar-refractivity contribution in [3.8, 4) is 0 Å². The van der Waals surface area contributed by atoms with Gasteiger partial charge in [-0.15, -0.1) is 0 Å². The Hall–Kier alpha value is -1.08. The zero-order valence-electron chi connectivity index (χ0n) is 30.1. The summed E-state index contributed by atoms with van der Waals surface area (Å²) in [6.07, 6.45) is 16.2. The molecule has 0 fully saturated rings. The van der Waals surface area contributed by atoms with E-state index in [1.54, 1.807) is 0 Å². The Balaban J connectivity index is 5.32. The molecule has 0 spiro atoms. The largest absolute Gasteiger partial charge is 0.0999 e. The van der Waals surface area contributed by atoms with Crippen molar-refractivity contribution in [2.24, 2.45) is 35.0 Å². The maximum Gasteiger partial charge on any atom is 0.0528 e. The number of hydrogen-bond acceptors (Lipinski definition) is 0. The highest BCUT2D eigenvalue weighted by Crippen LogP contribution is 2.39. The van der Waals surface area contributed by atoms with Gasteiger partial charge in [-0.05, 0) is 107 Å². The molecule has 0 amide bonds. The molecule has 0 nitrogen and oxygen atoms in total. The first-order chi connectivity index (χ1) is 19.0. The summed E-state index contributed by atoms with van der Waals surface area (Å²) in [5.41, 5.74) is 5.72. The van der Waals surface area contributed by atoms with Gasteiger partial charge in [-0.1, -0.05) is 147 Å². The molecule has 1 heteroatoms. The summed E-state index contributed by atoms with van der Waals surface area (Å²) in [7, 11) is -1.14. The van der Waals surface area contributed by atoms with Crippen LogP contribution < -0.4 is 0 Å². The summed E-state index contributed by atoms with van der Waals surface area (Å²) in [5, 5.41) is 0. The van der Waals surface area contributed by atoms with Gasteiger partial charge in [-0.25, -0.2) is 0 Å². The van der Waals surface area contributed by atoms with Crippen molar-refractivity contribution < 1.29 is 0 Å². The first kappa shape index (κ1) is 39.9. The molecule has 0 bridgehead atoms. The predicted octanol–water partition coefficient (Wildman–Crippen LogP) is 14.0. The molecule has 0 N–H and O–H groups in total. The van der Waals surface area contributed by atoms with Crippen molar-refractivity contribution in [1.29, 1.82) is 0 Å². The summed E-state index contributed by atoms with van der Waals surface area (Å²) in [5.74, 6) is 2.97. The van der Waals surface area contributed by atoms with E-state index in [9.17, 15) is 0 Å². The lowest BCUT2D eigenvalue weighted by Crippen LogP contribution is -2.33. The second kappa shape index (κ2) is 20.0. The molecule has 6 atom stereocenters. The van der Waals surface area contributed by atoms with E-state index in [4.69, 9.17) is 0 Å². The molecule has 41 heavy (non-hydrogen) atoms. The molecule has 0 rings (SSSR count). The Morgan fingerprint density at radius 2 is 1.07 bits per heavy atom. The average molecular weight is 583 g/mol. The van der Waals surface area contributed by atoms with Crippen molar-refractivity contribution >= 4 is 8.07 Å². The second-order valence-electron chi connectivity index (χ2n) is 14.9. The molecule has 6 unspecified atom stereocenters. The number of hydrogen-bond donors (Lipinski definition) is 0. The Labute approximate surface area is 261 Å². The van der Waals surface area contributed by atoms with Crippen LogP contribution in [0.4, 0.5) is 0 Å². The maximum atomic E-state index is 4.52. The fraction of sp³-hybridized carbons (Fsp3) is 0.750. The van der Waals surface area contributed by atoms with E-state index >= 15 is 0 Å². The smallest absolute Gasteiger partial charge is 0.0528 e. The summed E-state index contributed by atoms with van der Waals surface area (Å²) < 4.78 is 0. The third-order valence-electron chi connectivity index (χ3n) is 11.4. The normalized spacial score (nSPS) is 17.4. The van der Waals surface area contributed by atoms with E-state index in [0.29, 0.717) is 29.6 Å².